The molecule has 0 radical (unpaired) electrons. The van der Waals surface area contributed by atoms with Crippen molar-refractivity contribution in [3.63, 3.8) is 0 Å². The van der Waals surface area contributed by atoms with Gasteiger partial charge in [0.1, 0.15) is 5.70 Å². The second-order valence-electron chi connectivity index (χ2n) is 4.00. The topological polar surface area (TPSA) is 55.6 Å². The van der Waals surface area contributed by atoms with Gasteiger partial charge in [-0.2, -0.15) is 0 Å². The van der Waals surface area contributed by atoms with Crippen molar-refractivity contribution in [1.29, 1.82) is 0 Å². The fraction of sp³-hybridized carbons (Fsp3) is 0.333. The second-order valence-corrected chi connectivity index (χ2v) is 5.19. The SMILES string of the molecule is O=[N+]([O-])/C(Br)=C(/c1ccc(Cl)cc1)N1CCOCC1. The van der Waals surface area contributed by atoms with E-state index in [1.807, 2.05) is 4.90 Å². The lowest BCUT2D eigenvalue weighted by molar-refractivity contribution is -0.408. The van der Waals surface area contributed by atoms with Gasteiger partial charge in [-0.25, -0.2) is 0 Å². The van der Waals surface area contributed by atoms with Gasteiger partial charge >= 0.3 is 4.61 Å². The Labute approximate surface area is 124 Å². The van der Waals surface area contributed by atoms with E-state index in [-0.39, 0.29) is 4.61 Å². The average molecular weight is 348 g/mol. The Hall–Kier alpha value is -1.11. The Morgan fingerprint density at radius 3 is 2.42 bits per heavy atom. The predicted octanol–water partition coefficient (Wildman–Crippen LogP) is 2.97. The van der Waals surface area contributed by atoms with Crippen LogP contribution in [-0.2, 0) is 4.74 Å². The van der Waals surface area contributed by atoms with Crippen molar-refractivity contribution in [3.8, 4) is 0 Å². The number of nitro groups is 1. The number of hydrogen-bond donors (Lipinski definition) is 0. The minimum Gasteiger partial charge on any atom is -0.378 e. The van der Waals surface area contributed by atoms with Gasteiger partial charge in [0.05, 0.1) is 18.1 Å². The molecule has 5 nitrogen and oxygen atoms in total. The lowest BCUT2D eigenvalue weighted by Gasteiger charge is -2.30. The molecule has 0 amide bonds. The first-order valence-corrected chi connectivity index (χ1v) is 6.89. The Balaban J connectivity index is 2.42. The van der Waals surface area contributed by atoms with Crippen molar-refractivity contribution in [2.24, 2.45) is 0 Å². The van der Waals surface area contributed by atoms with E-state index < -0.39 is 4.92 Å². The third kappa shape index (κ3) is 3.46. The van der Waals surface area contributed by atoms with Crippen LogP contribution in [0.15, 0.2) is 28.9 Å². The largest absolute Gasteiger partial charge is 0.378 e. The van der Waals surface area contributed by atoms with Crippen LogP contribution in [0.3, 0.4) is 0 Å². The van der Waals surface area contributed by atoms with Crippen LogP contribution < -0.4 is 0 Å². The standard InChI is InChI=1S/C12H12BrClN2O3/c13-12(16(17)18)11(15-5-7-19-8-6-15)9-1-3-10(14)4-2-9/h1-4H,5-8H2/b12-11-. The summed E-state index contributed by atoms with van der Waals surface area (Å²) in [6.07, 6.45) is 0. The maximum Gasteiger partial charge on any atom is 0.334 e. The molecule has 1 aromatic rings. The molecule has 1 fully saturated rings. The molecule has 1 aromatic carbocycles. The Bertz CT molecular complexity index is 498. The number of hydrogen-bond acceptors (Lipinski definition) is 4. The van der Waals surface area contributed by atoms with Gasteiger partial charge in [0.2, 0.25) is 0 Å². The maximum absolute atomic E-state index is 11.0. The number of nitrogens with zero attached hydrogens (tertiary/aromatic N) is 2. The molecule has 0 atom stereocenters. The normalized spacial score (nSPS) is 17.1. The quantitative estimate of drug-likeness (QED) is 0.479. The Morgan fingerprint density at radius 2 is 1.89 bits per heavy atom. The molecule has 7 heteroatoms. The van der Waals surface area contributed by atoms with E-state index in [0.29, 0.717) is 37.0 Å². The van der Waals surface area contributed by atoms with Crippen LogP contribution in [0.2, 0.25) is 5.02 Å². The highest BCUT2D eigenvalue weighted by Crippen LogP contribution is 2.28. The van der Waals surface area contributed by atoms with E-state index >= 15 is 0 Å². The Morgan fingerprint density at radius 1 is 1.32 bits per heavy atom. The summed E-state index contributed by atoms with van der Waals surface area (Å²) < 4.78 is 5.23. The van der Waals surface area contributed by atoms with Gasteiger partial charge in [-0.05, 0) is 12.1 Å². The number of rotatable bonds is 3. The fourth-order valence-electron chi connectivity index (χ4n) is 1.91. The fourth-order valence-corrected chi connectivity index (χ4v) is 2.52. The molecular weight excluding hydrogens is 336 g/mol. The third-order valence-electron chi connectivity index (χ3n) is 2.80. The van der Waals surface area contributed by atoms with Gasteiger partial charge in [-0.15, -0.1) is 0 Å². The zero-order valence-corrected chi connectivity index (χ0v) is 12.4. The molecular formula is C12H12BrClN2O3. The average Bonchev–Trinajstić information content (AvgIpc) is 2.42. The van der Waals surface area contributed by atoms with Gasteiger partial charge < -0.3 is 9.64 Å². The highest BCUT2D eigenvalue weighted by Gasteiger charge is 2.24. The van der Waals surface area contributed by atoms with E-state index in [2.05, 4.69) is 15.9 Å². The number of morpholine rings is 1. The van der Waals surface area contributed by atoms with Gasteiger partial charge in [0.25, 0.3) is 0 Å². The smallest absolute Gasteiger partial charge is 0.334 e. The molecule has 1 aliphatic rings. The van der Waals surface area contributed by atoms with Gasteiger partial charge in [0.15, 0.2) is 0 Å². The number of benzene rings is 1. The molecule has 19 heavy (non-hydrogen) atoms. The summed E-state index contributed by atoms with van der Waals surface area (Å²) in [6.45, 7) is 2.38. The molecule has 2 rings (SSSR count). The van der Waals surface area contributed by atoms with Crippen LogP contribution in [0.1, 0.15) is 5.56 Å². The molecule has 1 saturated heterocycles. The van der Waals surface area contributed by atoms with Crippen molar-refractivity contribution in [2.75, 3.05) is 26.3 Å². The van der Waals surface area contributed by atoms with Crippen LogP contribution in [0, 0.1) is 10.1 Å². The van der Waals surface area contributed by atoms with Crippen molar-refractivity contribution in [3.05, 3.63) is 49.6 Å². The number of ether oxygens (including phenoxy) is 1. The minimum absolute atomic E-state index is 0.0447. The molecule has 1 aliphatic heterocycles. The molecule has 0 spiro atoms. The maximum atomic E-state index is 11.0. The lowest BCUT2D eigenvalue weighted by Crippen LogP contribution is -2.35. The molecule has 0 aliphatic carbocycles. The van der Waals surface area contributed by atoms with Crippen LogP contribution in [-0.4, -0.2) is 36.1 Å². The molecule has 1 heterocycles. The van der Waals surface area contributed by atoms with Crippen molar-refractivity contribution < 1.29 is 9.66 Å². The molecule has 0 saturated carbocycles. The highest BCUT2D eigenvalue weighted by molar-refractivity contribution is 9.11. The summed E-state index contributed by atoms with van der Waals surface area (Å²) in [4.78, 5) is 12.6. The van der Waals surface area contributed by atoms with Crippen molar-refractivity contribution in [2.45, 2.75) is 0 Å². The summed E-state index contributed by atoms with van der Waals surface area (Å²) in [5.74, 6) is 0. The van der Waals surface area contributed by atoms with Crippen LogP contribution in [0.4, 0.5) is 0 Å². The minimum atomic E-state index is -0.431. The van der Waals surface area contributed by atoms with Gasteiger partial charge in [0, 0.05) is 39.6 Å². The molecule has 0 bridgehead atoms. The zero-order chi connectivity index (χ0) is 13.8. The second kappa shape index (κ2) is 6.36. The van der Waals surface area contributed by atoms with Crippen LogP contribution in [0.25, 0.3) is 5.70 Å². The van der Waals surface area contributed by atoms with Crippen LogP contribution >= 0.6 is 27.5 Å². The molecule has 0 N–H and O–H groups in total. The van der Waals surface area contributed by atoms with E-state index in [1.54, 1.807) is 24.3 Å². The van der Waals surface area contributed by atoms with E-state index in [1.165, 1.54) is 0 Å². The third-order valence-corrected chi connectivity index (χ3v) is 3.72. The summed E-state index contributed by atoms with van der Waals surface area (Å²) in [7, 11) is 0. The first-order chi connectivity index (χ1) is 9.09. The first kappa shape index (κ1) is 14.3. The highest BCUT2D eigenvalue weighted by atomic mass is 79.9. The summed E-state index contributed by atoms with van der Waals surface area (Å²) in [5.41, 5.74) is 1.32. The van der Waals surface area contributed by atoms with Crippen molar-refractivity contribution >= 4 is 33.2 Å². The van der Waals surface area contributed by atoms with Gasteiger partial charge in [-0.3, -0.25) is 10.1 Å². The number of halogens is 2. The lowest BCUT2D eigenvalue weighted by atomic mass is 10.1. The van der Waals surface area contributed by atoms with E-state index in [4.69, 9.17) is 16.3 Å². The predicted molar refractivity (Wildman–Crippen MR) is 76.7 cm³/mol. The summed E-state index contributed by atoms with van der Waals surface area (Å²) in [6, 6.07) is 6.99. The summed E-state index contributed by atoms with van der Waals surface area (Å²) in [5, 5.41) is 11.6. The monoisotopic (exact) mass is 346 g/mol. The van der Waals surface area contributed by atoms with Crippen molar-refractivity contribution in [1.82, 2.24) is 4.90 Å². The zero-order valence-electron chi connectivity index (χ0n) is 10.0. The molecule has 0 unspecified atom stereocenters. The summed E-state index contributed by atoms with van der Waals surface area (Å²) >= 11 is 8.91. The molecule has 102 valence electrons. The van der Waals surface area contributed by atoms with E-state index in [9.17, 15) is 10.1 Å². The van der Waals surface area contributed by atoms with E-state index in [0.717, 1.165) is 5.56 Å². The first-order valence-electron chi connectivity index (χ1n) is 5.72. The van der Waals surface area contributed by atoms with Crippen LogP contribution in [0.5, 0.6) is 0 Å². The molecule has 0 aromatic heterocycles. The Kier molecular flexibility index (Phi) is 4.79. The van der Waals surface area contributed by atoms with Gasteiger partial charge in [-0.1, -0.05) is 23.7 Å².